The summed E-state index contributed by atoms with van der Waals surface area (Å²) in [5.41, 5.74) is 0.708. The Hall–Kier alpha value is -1.09. The van der Waals surface area contributed by atoms with Crippen LogP contribution in [0.2, 0.25) is 0 Å². The second-order valence-corrected chi connectivity index (χ2v) is 3.90. The topological polar surface area (TPSA) is 20.2 Å². The molecule has 1 atom stereocenters. The van der Waals surface area contributed by atoms with Crippen molar-refractivity contribution in [1.29, 1.82) is 0 Å². The SMILES string of the molecule is CC(F)c1csc2cc(O)ccc12. The summed E-state index contributed by atoms with van der Waals surface area (Å²) in [6, 6.07) is 5.00. The average molecular weight is 196 g/mol. The minimum Gasteiger partial charge on any atom is -0.508 e. The minimum absolute atomic E-state index is 0.229. The van der Waals surface area contributed by atoms with Crippen LogP contribution in [0.3, 0.4) is 0 Å². The van der Waals surface area contributed by atoms with Crippen molar-refractivity contribution in [3.63, 3.8) is 0 Å². The first-order valence-electron chi connectivity index (χ1n) is 4.02. The Morgan fingerprint density at radius 1 is 1.46 bits per heavy atom. The summed E-state index contributed by atoms with van der Waals surface area (Å²) in [5, 5.41) is 11.9. The molecule has 1 aromatic carbocycles. The number of hydrogen-bond donors (Lipinski definition) is 1. The van der Waals surface area contributed by atoms with Crippen molar-refractivity contribution in [2.24, 2.45) is 0 Å². The monoisotopic (exact) mass is 196 g/mol. The first kappa shape index (κ1) is 8.51. The van der Waals surface area contributed by atoms with Crippen LogP contribution in [0.5, 0.6) is 5.75 Å². The molecule has 0 aliphatic carbocycles. The van der Waals surface area contributed by atoms with Gasteiger partial charge in [0.1, 0.15) is 11.9 Å². The van der Waals surface area contributed by atoms with Gasteiger partial charge >= 0.3 is 0 Å². The third-order valence-corrected chi connectivity index (χ3v) is 2.98. The van der Waals surface area contributed by atoms with Gasteiger partial charge in [-0.2, -0.15) is 0 Å². The van der Waals surface area contributed by atoms with Crippen molar-refractivity contribution in [3.8, 4) is 5.75 Å². The van der Waals surface area contributed by atoms with Gasteiger partial charge < -0.3 is 5.11 Å². The molecule has 0 radical (unpaired) electrons. The van der Waals surface area contributed by atoms with Gasteiger partial charge in [-0.25, -0.2) is 4.39 Å². The summed E-state index contributed by atoms with van der Waals surface area (Å²) in [7, 11) is 0. The molecule has 68 valence electrons. The van der Waals surface area contributed by atoms with Gasteiger partial charge in [0.05, 0.1) is 0 Å². The van der Waals surface area contributed by atoms with Crippen LogP contribution in [0, 0.1) is 0 Å². The highest BCUT2D eigenvalue weighted by Gasteiger charge is 2.09. The number of rotatable bonds is 1. The summed E-state index contributed by atoms with van der Waals surface area (Å²) in [6.45, 7) is 1.52. The van der Waals surface area contributed by atoms with Crippen LogP contribution in [0.15, 0.2) is 23.6 Å². The Labute approximate surface area is 79.4 Å². The number of thiophene rings is 1. The maximum absolute atomic E-state index is 13.0. The number of halogens is 1. The number of benzene rings is 1. The zero-order valence-corrected chi connectivity index (χ0v) is 7.94. The fourth-order valence-corrected chi connectivity index (χ4v) is 2.42. The van der Waals surface area contributed by atoms with Crippen molar-refractivity contribution in [3.05, 3.63) is 29.1 Å². The second-order valence-electron chi connectivity index (χ2n) is 2.99. The average Bonchev–Trinajstić information content (AvgIpc) is 2.46. The highest BCUT2D eigenvalue weighted by molar-refractivity contribution is 7.17. The van der Waals surface area contributed by atoms with E-state index in [1.165, 1.54) is 18.3 Å². The standard InChI is InChI=1S/C10H9FOS/c1-6(11)9-5-13-10-4-7(12)2-3-8(9)10/h2-6,12H,1H3. The molecule has 1 N–H and O–H groups in total. The van der Waals surface area contributed by atoms with Crippen molar-refractivity contribution in [1.82, 2.24) is 0 Å². The quantitative estimate of drug-likeness (QED) is 0.738. The van der Waals surface area contributed by atoms with E-state index in [0.29, 0.717) is 5.56 Å². The maximum Gasteiger partial charge on any atom is 0.124 e. The van der Waals surface area contributed by atoms with E-state index in [-0.39, 0.29) is 5.75 Å². The molecular formula is C10H9FOS. The molecule has 0 aliphatic heterocycles. The van der Waals surface area contributed by atoms with E-state index in [0.717, 1.165) is 10.1 Å². The number of alkyl halides is 1. The molecule has 0 amide bonds. The molecule has 1 heterocycles. The van der Waals surface area contributed by atoms with Crippen LogP contribution in [0.4, 0.5) is 4.39 Å². The minimum atomic E-state index is -0.946. The lowest BCUT2D eigenvalue weighted by molar-refractivity contribution is 0.377. The van der Waals surface area contributed by atoms with Crippen LogP contribution < -0.4 is 0 Å². The van der Waals surface area contributed by atoms with E-state index in [2.05, 4.69) is 0 Å². The molecule has 3 heteroatoms. The van der Waals surface area contributed by atoms with Gasteiger partial charge in [-0.3, -0.25) is 0 Å². The van der Waals surface area contributed by atoms with Gasteiger partial charge in [-0.05, 0) is 35.9 Å². The zero-order valence-electron chi connectivity index (χ0n) is 7.12. The van der Waals surface area contributed by atoms with Crippen molar-refractivity contribution in [2.45, 2.75) is 13.1 Å². The molecule has 2 rings (SSSR count). The van der Waals surface area contributed by atoms with Crippen LogP contribution in [0.1, 0.15) is 18.7 Å². The Balaban J connectivity index is 2.69. The van der Waals surface area contributed by atoms with Crippen molar-refractivity contribution < 1.29 is 9.50 Å². The van der Waals surface area contributed by atoms with E-state index >= 15 is 0 Å². The van der Waals surface area contributed by atoms with Gasteiger partial charge in [0.15, 0.2) is 0 Å². The smallest absolute Gasteiger partial charge is 0.124 e. The zero-order chi connectivity index (χ0) is 9.42. The predicted molar refractivity (Wildman–Crippen MR) is 53.0 cm³/mol. The molecule has 0 bridgehead atoms. The lowest BCUT2D eigenvalue weighted by Gasteiger charge is -1.98. The molecule has 0 saturated carbocycles. The highest BCUT2D eigenvalue weighted by atomic mass is 32.1. The lowest BCUT2D eigenvalue weighted by Crippen LogP contribution is -1.80. The fourth-order valence-electron chi connectivity index (χ4n) is 1.35. The van der Waals surface area contributed by atoms with Crippen molar-refractivity contribution >= 4 is 21.4 Å². The summed E-state index contributed by atoms with van der Waals surface area (Å²) < 4.78 is 14.0. The van der Waals surface area contributed by atoms with E-state index in [9.17, 15) is 9.50 Å². The largest absolute Gasteiger partial charge is 0.508 e. The Bertz CT molecular complexity index is 433. The third kappa shape index (κ3) is 1.40. The van der Waals surface area contributed by atoms with Crippen LogP contribution in [-0.2, 0) is 0 Å². The summed E-state index contributed by atoms with van der Waals surface area (Å²) >= 11 is 1.46. The molecule has 1 nitrogen and oxygen atoms in total. The first-order valence-corrected chi connectivity index (χ1v) is 4.90. The molecule has 1 unspecified atom stereocenters. The summed E-state index contributed by atoms with van der Waals surface area (Å²) in [5.74, 6) is 0.229. The fraction of sp³-hybridized carbons (Fsp3) is 0.200. The molecule has 2 aromatic rings. The molecule has 0 saturated heterocycles. The van der Waals surface area contributed by atoms with E-state index in [1.807, 2.05) is 0 Å². The van der Waals surface area contributed by atoms with Crippen LogP contribution in [0.25, 0.3) is 10.1 Å². The Morgan fingerprint density at radius 3 is 2.92 bits per heavy atom. The van der Waals surface area contributed by atoms with Crippen LogP contribution in [-0.4, -0.2) is 5.11 Å². The number of phenols is 1. The third-order valence-electron chi connectivity index (χ3n) is 2.02. The predicted octanol–water partition coefficient (Wildman–Crippen LogP) is 3.64. The van der Waals surface area contributed by atoms with E-state index < -0.39 is 6.17 Å². The van der Waals surface area contributed by atoms with Crippen LogP contribution >= 0.6 is 11.3 Å². The molecular weight excluding hydrogens is 187 g/mol. The Morgan fingerprint density at radius 2 is 2.23 bits per heavy atom. The molecule has 0 fully saturated rings. The molecule has 1 aromatic heterocycles. The number of aromatic hydroxyl groups is 1. The number of fused-ring (bicyclic) bond motifs is 1. The first-order chi connectivity index (χ1) is 6.18. The molecule has 13 heavy (non-hydrogen) atoms. The second kappa shape index (κ2) is 3.00. The maximum atomic E-state index is 13.0. The van der Waals surface area contributed by atoms with E-state index in [1.54, 1.807) is 23.6 Å². The lowest BCUT2D eigenvalue weighted by atomic mass is 10.1. The summed E-state index contributed by atoms with van der Waals surface area (Å²) in [6.07, 6.45) is -0.946. The highest BCUT2D eigenvalue weighted by Crippen LogP contribution is 2.33. The van der Waals surface area contributed by atoms with Crippen molar-refractivity contribution in [2.75, 3.05) is 0 Å². The molecule has 0 spiro atoms. The Kier molecular flexibility index (Phi) is 1.96. The van der Waals surface area contributed by atoms with Gasteiger partial charge in [0.2, 0.25) is 0 Å². The van der Waals surface area contributed by atoms with E-state index in [4.69, 9.17) is 0 Å². The molecule has 0 aliphatic rings. The van der Waals surface area contributed by atoms with Gasteiger partial charge in [-0.15, -0.1) is 11.3 Å². The van der Waals surface area contributed by atoms with Gasteiger partial charge in [0, 0.05) is 10.3 Å². The van der Waals surface area contributed by atoms with Gasteiger partial charge in [-0.1, -0.05) is 0 Å². The number of hydrogen-bond acceptors (Lipinski definition) is 2. The normalized spacial score (nSPS) is 13.4. The van der Waals surface area contributed by atoms with Gasteiger partial charge in [0.25, 0.3) is 0 Å². The number of phenolic OH excluding ortho intramolecular Hbond substituents is 1. The summed E-state index contributed by atoms with van der Waals surface area (Å²) in [4.78, 5) is 0.